The highest BCUT2D eigenvalue weighted by molar-refractivity contribution is 6.27. The van der Waals surface area contributed by atoms with Crippen LogP contribution in [0.25, 0.3) is 0 Å². The average Bonchev–Trinajstić information content (AvgIpc) is 1.85. The fourth-order valence-corrected chi connectivity index (χ4v) is 0.152. The summed E-state index contributed by atoms with van der Waals surface area (Å²) < 4.78 is 43.5. The zero-order valence-electron chi connectivity index (χ0n) is 5.18. The molecule has 0 amide bonds. The highest BCUT2D eigenvalue weighted by atomic mass is 35.5. The third-order valence-corrected chi connectivity index (χ3v) is 0.557. The van der Waals surface area contributed by atoms with Gasteiger partial charge in [-0.15, -0.1) is 11.6 Å². The van der Waals surface area contributed by atoms with Gasteiger partial charge in [0.1, 0.15) is 0 Å². The molecule has 0 aromatic rings. The van der Waals surface area contributed by atoms with Gasteiger partial charge in [-0.3, -0.25) is 0 Å². The van der Waals surface area contributed by atoms with Crippen LogP contribution in [0.4, 0.5) is 17.6 Å². The summed E-state index contributed by atoms with van der Waals surface area (Å²) >= 11 is 9.05. The first-order valence-corrected chi connectivity index (χ1v) is 3.08. The molecule has 0 aromatic heterocycles. The van der Waals surface area contributed by atoms with E-state index in [9.17, 15) is 17.6 Å². The smallest absolute Gasteiger partial charge is 0.205 e. The maximum absolute atomic E-state index is 11.3. The molecule has 0 aromatic carbocycles. The van der Waals surface area contributed by atoms with Crippen molar-refractivity contribution in [3.05, 3.63) is 23.8 Å². The van der Waals surface area contributed by atoms with Gasteiger partial charge in [0, 0.05) is 0 Å². The van der Waals surface area contributed by atoms with Crippen molar-refractivity contribution in [2.75, 3.05) is 5.88 Å². The molecule has 0 saturated carbocycles. The molecule has 0 rings (SSSR count). The number of hydrogen-bond donors (Lipinski definition) is 0. The molecule has 0 atom stereocenters. The summed E-state index contributed by atoms with van der Waals surface area (Å²) in [5.41, 5.74) is 0. The predicted octanol–water partition coefficient (Wildman–Crippen LogP) is 3.97. The van der Waals surface area contributed by atoms with E-state index in [0.29, 0.717) is 0 Å². The van der Waals surface area contributed by atoms with E-state index in [-0.39, 0.29) is 0 Å². The Hall–Kier alpha value is -0.220. The summed E-state index contributed by atoms with van der Waals surface area (Å²) in [5.74, 6) is -2.30. The largest absolute Gasteiger partial charge is 0.302 e. The van der Waals surface area contributed by atoms with E-state index in [1.807, 2.05) is 0 Å². The van der Waals surface area contributed by atoms with Crippen LogP contribution in [0, 0.1) is 0 Å². The molecule has 0 radical (unpaired) electrons. The van der Waals surface area contributed by atoms with Crippen LogP contribution in [-0.2, 0) is 0 Å². The zero-order chi connectivity index (χ0) is 9.44. The quantitative estimate of drug-likeness (QED) is 0.454. The molecule has 0 bridgehead atoms. The molecule has 0 aliphatic carbocycles. The minimum atomic E-state index is -2.34. The average molecular weight is 211 g/mol. The Kier molecular flexibility index (Phi) is 9.58. The van der Waals surface area contributed by atoms with E-state index in [1.165, 1.54) is 0 Å². The Labute approximate surface area is 71.1 Å². The van der Waals surface area contributed by atoms with Gasteiger partial charge in [0.15, 0.2) is 11.1 Å². The molecule has 0 N–H and O–H groups in total. The molecular formula is C5H4Cl2F4. The summed E-state index contributed by atoms with van der Waals surface area (Å²) in [7, 11) is 0. The number of hydrogen-bond acceptors (Lipinski definition) is 0. The topological polar surface area (TPSA) is 0 Å². The maximum Gasteiger partial charge on any atom is 0.302 e. The van der Waals surface area contributed by atoms with E-state index in [1.54, 1.807) is 0 Å². The predicted molar refractivity (Wildman–Crippen MR) is 37.2 cm³/mol. The van der Waals surface area contributed by atoms with Crippen molar-refractivity contribution in [2.24, 2.45) is 0 Å². The molecule has 66 valence electrons. The van der Waals surface area contributed by atoms with Crippen LogP contribution in [0.2, 0.25) is 0 Å². The van der Waals surface area contributed by atoms with Gasteiger partial charge < -0.3 is 0 Å². The Morgan fingerprint density at radius 2 is 1.45 bits per heavy atom. The van der Waals surface area contributed by atoms with Crippen LogP contribution in [0.15, 0.2) is 23.8 Å². The first-order valence-electron chi connectivity index (χ1n) is 2.17. The Morgan fingerprint density at radius 1 is 1.18 bits per heavy atom. The molecule has 0 aliphatic rings. The second-order valence-corrected chi connectivity index (χ2v) is 1.82. The highest BCUT2D eigenvalue weighted by Gasteiger charge is 1.99. The first kappa shape index (κ1) is 13.4. The molecular weight excluding hydrogens is 207 g/mol. The van der Waals surface area contributed by atoms with Crippen molar-refractivity contribution < 1.29 is 17.6 Å². The number of allylic oxidation sites excluding steroid dienone is 1. The van der Waals surface area contributed by atoms with Crippen LogP contribution in [0.3, 0.4) is 0 Å². The SMILES string of the molecule is C=C(F)Cl.FC(F)=C(F)CCl. The van der Waals surface area contributed by atoms with Crippen LogP contribution in [0.5, 0.6) is 0 Å². The number of alkyl halides is 1. The van der Waals surface area contributed by atoms with Crippen molar-refractivity contribution >= 4 is 23.2 Å². The van der Waals surface area contributed by atoms with Crippen LogP contribution in [0.1, 0.15) is 0 Å². The molecule has 0 unspecified atom stereocenters. The van der Waals surface area contributed by atoms with Crippen LogP contribution in [-0.4, -0.2) is 5.88 Å². The fourth-order valence-electron chi connectivity index (χ4n) is 0.0505. The van der Waals surface area contributed by atoms with Crippen molar-refractivity contribution in [2.45, 2.75) is 0 Å². The number of rotatable bonds is 1. The summed E-state index contributed by atoms with van der Waals surface area (Å²) in [5, 5.41) is -0.861. The van der Waals surface area contributed by atoms with E-state index in [0.717, 1.165) is 0 Å². The molecule has 0 saturated heterocycles. The van der Waals surface area contributed by atoms with Gasteiger partial charge in [-0.1, -0.05) is 18.2 Å². The Balaban J connectivity index is 0. The van der Waals surface area contributed by atoms with Crippen LogP contribution >= 0.6 is 23.2 Å². The third-order valence-electron chi connectivity index (χ3n) is 0.322. The van der Waals surface area contributed by atoms with Gasteiger partial charge in [0.2, 0.25) is 0 Å². The molecule has 0 nitrogen and oxygen atoms in total. The van der Waals surface area contributed by atoms with Gasteiger partial charge >= 0.3 is 6.08 Å². The van der Waals surface area contributed by atoms with Gasteiger partial charge in [-0.25, -0.2) is 4.39 Å². The van der Waals surface area contributed by atoms with Gasteiger partial charge in [-0.05, 0) is 0 Å². The van der Waals surface area contributed by atoms with E-state index >= 15 is 0 Å². The lowest BCUT2D eigenvalue weighted by atomic mass is 10.7. The lowest BCUT2D eigenvalue weighted by Crippen LogP contribution is -1.73. The van der Waals surface area contributed by atoms with E-state index in [2.05, 4.69) is 29.8 Å². The highest BCUT2D eigenvalue weighted by Crippen LogP contribution is 2.09. The standard InChI is InChI=1S/C3H2ClF3.C2H2ClF/c4-1-2(5)3(6)7;1-2(3)4/h1H2;1H2. The Bertz CT molecular complexity index is 147. The minimum absolute atomic E-state index is 0.748. The lowest BCUT2D eigenvalue weighted by molar-refractivity contribution is 0.381. The molecule has 6 heteroatoms. The summed E-state index contributed by atoms with van der Waals surface area (Å²) in [6.45, 7) is 2.65. The monoisotopic (exact) mass is 210 g/mol. The van der Waals surface area contributed by atoms with Gasteiger partial charge in [-0.2, -0.15) is 13.2 Å². The van der Waals surface area contributed by atoms with Gasteiger partial charge in [0.25, 0.3) is 0 Å². The summed E-state index contributed by atoms with van der Waals surface area (Å²) in [6, 6.07) is 0. The number of halogens is 6. The summed E-state index contributed by atoms with van der Waals surface area (Å²) in [4.78, 5) is 0. The minimum Gasteiger partial charge on any atom is -0.205 e. The third kappa shape index (κ3) is 17.7. The fraction of sp³-hybridized carbons (Fsp3) is 0.200. The van der Waals surface area contributed by atoms with Crippen LogP contribution < -0.4 is 0 Å². The zero-order valence-corrected chi connectivity index (χ0v) is 6.69. The summed E-state index contributed by atoms with van der Waals surface area (Å²) in [6.07, 6.45) is -2.34. The van der Waals surface area contributed by atoms with Crippen molar-refractivity contribution in [3.8, 4) is 0 Å². The normalized spacial score (nSPS) is 7.82. The van der Waals surface area contributed by atoms with Crippen molar-refractivity contribution in [1.82, 2.24) is 0 Å². The lowest BCUT2D eigenvalue weighted by Gasteiger charge is -1.80. The first-order chi connectivity index (χ1) is 4.91. The van der Waals surface area contributed by atoms with Gasteiger partial charge in [0.05, 0.1) is 5.88 Å². The maximum atomic E-state index is 11.3. The molecule has 0 spiro atoms. The second kappa shape index (κ2) is 7.88. The van der Waals surface area contributed by atoms with Crippen molar-refractivity contribution in [1.29, 1.82) is 0 Å². The van der Waals surface area contributed by atoms with E-state index < -0.39 is 23.1 Å². The second-order valence-electron chi connectivity index (χ2n) is 1.14. The van der Waals surface area contributed by atoms with E-state index in [4.69, 9.17) is 0 Å². The Morgan fingerprint density at radius 3 is 1.45 bits per heavy atom. The molecule has 0 fully saturated rings. The molecule has 0 heterocycles. The van der Waals surface area contributed by atoms with Crippen molar-refractivity contribution in [3.63, 3.8) is 0 Å². The molecule has 0 aliphatic heterocycles. The molecule has 11 heavy (non-hydrogen) atoms.